The van der Waals surface area contributed by atoms with Crippen LogP contribution in [0.3, 0.4) is 0 Å². The number of hydrogen-bond acceptors (Lipinski definition) is 6. The van der Waals surface area contributed by atoms with Crippen molar-refractivity contribution in [1.29, 1.82) is 0 Å². The van der Waals surface area contributed by atoms with Gasteiger partial charge in [0.2, 0.25) is 5.91 Å². The summed E-state index contributed by atoms with van der Waals surface area (Å²) in [7, 11) is 2.94. The van der Waals surface area contributed by atoms with E-state index in [0.717, 1.165) is 6.07 Å². The molecule has 2 aromatic carbocycles. The summed E-state index contributed by atoms with van der Waals surface area (Å²) < 4.78 is 44.1. The standard InChI is InChI=1S/C30H31F3N4O4/c1-30(2,3)18-6-16(22(14-38)24(32)8-18)12-34-37(5)27-10-19(31)9-20(23(27)15-39)17-7-26(29(41)36(4)13-17)35-28(40)21-11-25(21)33/h6-10,12-14,21,25,39H,11,15H2,1-5H3,(H,35,40)/b34-12-/t21-,25+/m1/s1. The van der Waals surface area contributed by atoms with Gasteiger partial charge in [-0.3, -0.25) is 19.4 Å². The molecule has 1 aliphatic rings. The summed E-state index contributed by atoms with van der Waals surface area (Å²) in [6.45, 7) is 5.15. The SMILES string of the molecule is CN(/N=C\c1cc(C(C)(C)C)cc(F)c1C=O)c1cc(F)cc(-c2cc(NC(=O)[C@@H]3C[C@@H]3F)c(=O)n(C)c2)c1CO. The zero-order valence-corrected chi connectivity index (χ0v) is 23.3. The molecule has 0 unspecified atom stereocenters. The van der Waals surface area contributed by atoms with Crippen molar-refractivity contribution in [3.63, 3.8) is 0 Å². The number of amides is 1. The normalized spacial score (nSPS) is 16.6. The van der Waals surface area contributed by atoms with Crippen LogP contribution < -0.4 is 15.9 Å². The lowest BCUT2D eigenvalue weighted by molar-refractivity contribution is -0.117. The summed E-state index contributed by atoms with van der Waals surface area (Å²) >= 11 is 0. The number of halogens is 3. The third-order valence-corrected chi connectivity index (χ3v) is 7.01. The average molecular weight is 569 g/mol. The molecule has 1 aliphatic carbocycles. The summed E-state index contributed by atoms with van der Waals surface area (Å²) in [4.78, 5) is 36.5. The van der Waals surface area contributed by atoms with Gasteiger partial charge in [-0.25, -0.2) is 13.2 Å². The number of carbonyl (C=O) groups excluding carboxylic acids is 2. The van der Waals surface area contributed by atoms with Crippen LogP contribution in [0.5, 0.6) is 0 Å². The molecule has 0 aliphatic heterocycles. The summed E-state index contributed by atoms with van der Waals surface area (Å²) in [6.07, 6.45) is 1.94. The van der Waals surface area contributed by atoms with E-state index in [-0.39, 0.29) is 40.0 Å². The molecular weight excluding hydrogens is 537 g/mol. The third-order valence-electron chi connectivity index (χ3n) is 7.01. The molecule has 2 N–H and O–H groups in total. The van der Waals surface area contributed by atoms with E-state index in [1.165, 1.54) is 54.3 Å². The van der Waals surface area contributed by atoms with Crippen LogP contribution in [0.25, 0.3) is 11.1 Å². The number of aldehydes is 1. The van der Waals surface area contributed by atoms with Crippen molar-refractivity contribution in [2.75, 3.05) is 17.4 Å². The second kappa shape index (κ2) is 11.3. The predicted molar refractivity (Wildman–Crippen MR) is 151 cm³/mol. The number of pyridine rings is 1. The van der Waals surface area contributed by atoms with Gasteiger partial charge in [0.05, 0.1) is 30.0 Å². The van der Waals surface area contributed by atoms with Gasteiger partial charge in [0.15, 0.2) is 6.29 Å². The Labute approximate surface area is 235 Å². The highest BCUT2D eigenvalue weighted by molar-refractivity contribution is 5.95. The minimum atomic E-state index is -1.25. The molecule has 216 valence electrons. The molecule has 4 rings (SSSR count). The molecular formula is C30H31F3N4O4. The van der Waals surface area contributed by atoms with E-state index in [4.69, 9.17) is 0 Å². The number of nitrogens with one attached hydrogen (secondary N) is 1. The van der Waals surface area contributed by atoms with Crippen molar-refractivity contribution >= 4 is 29.8 Å². The number of aliphatic hydroxyl groups excluding tert-OH is 1. The molecule has 1 saturated carbocycles. The number of aliphatic hydroxyl groups is 1. The molecule has 1 aromatic heterocycles. The first-order valence-electron chi connectivity index (χ1n) is 12.9. The minimum absolute atomic E-state index is 0.0854. The van der Waals surface area contributed by atoms with Crippen LogP contribution in [-0.4, -0.2) is 41.3 Å². The lowest BCUT2D eigenvalue weighted by Crippen LogP contribution is -2.25. The molecule has 11 heteroatoms. The van der Waals surface area contributed by atoms with Crippen LogP contribution in [0.15, 0.2) is 46.4 Å². The smallest absolute Gasteiger partial charge is 0.274 e. The van der Waals surface area contributed by atoms with E-state index < -0.39 is 47.2 Å². The number of rotatable bonds is 8. The number of hydrogen-bond donors (Lipinski definition) is 2. The van der Waals surface area contributed by atoms with Crippen molar-refractivity contribution in [2.45, 2.75) is 45.4 Å². The Bertz CT molecular complexity index is 1610. The highest BCUT2D eigenvalue weighted by Crippen LogP contribution is 2.36. The maximum atomic E-state index is 14.9. The topological polar surface area (TPSA) is 104 Å². The number of anilines is 2. The molecule has 3 aromatic rings. The van der Waals surface area contributed by atoms with Gasteiger partial charge >= 0.3 is 0 Å². The number of aryl methyl sites for hydroxylation is 1. The summed E-state index contributed by atoms with van der Waals surface area (Å²) in [5.74, 6) is -2.81. The van der Waals surface area contributed by atoms with Gasteiger partial charge in [-0.15, -0.1) is 0 Å². The number of aromatic nitrogens is 1. The zero-order chi connectivity index (χ0) is 30.2. The van der Waals surface area contributed by atoms with Crippen LogP contribution in [0.1, 0.15) is 54.2 Å². The van der Waals surface area contributed by atoms with Gasteiger partial charge in [-0.1, -0.05) is 20.8 Å². The highest BCUT2D eigenvalue weighted by Gasteiger charge is 2.43. The Balaban J connectivity index is 1.75. The Morgan fingerprint density at radius 2 is 1.90 bits per heavy atom. The number of alkyl halides is 1. The Morgan fingerprint density at radius 3 is 2.49 bits per heavy atom. The fraction of sp³-hybridized carbons (Fsp3) is 0.333. The van der Waals surface area contributed by atoms with Gasteiger partial charge in [0.1, 0.15) is 23.5 Å². The van der Waals surface area contributed by atoms with Crippen LogP contribution in [0.2, 0.25) is 0 Å². The maximum absolute atomic E-state index is 14.9. The van der Waals surface area contributed by atoms with Crippen molar-refractivity contribution in [3.05, 3.63) is 80.8 Å². The van der Waals surface area contributed by atoms with Crippen LogP contribution in [-0.2, 0) is 23.9 Å². The number of benzene rings is 2. The second-order valence-corrected chi connectivity index (χ2v) is 11.1. The van der Waals surface area contributed by atoms with E-state index in [1.807, 2.05) is 20.8 Å². The Hall–Kier alpha value is -4.25. The second-order valence-electron chi connectivity index (χ2n) is 11.1. The molecule has 8 nitrogen and oxygen atoms in total. The van der Waals surface area contributed by atoms with E-state index in [0.29, 0.717) is 17.4 Å². The fourth-order valence-corrected chi connectivity index (χ4v) is 4.46. The van der Waals surface area contributed by atoms with Crippen molar-refractivity contribution in [3.8, 4) is 11.1 Å². The van der Waals surface area contributed by atoms with Gasteiger partial charge in [0, 0.05) is 37.0 Å². The van der Waals surface area contributed by atoms with E-state index in [1.54, 1.807) is 6.07 Å². The van der Waals surface area contributed by atoms with Gasteiger partial charge in [-0.2, -0.15) is 5.10 Å². The van der Waals surface area contributed by atoms with Gasteiger partial charge < -0.3 is 15.0 Å². The first kappa shape index (κ1) is 29.7. The predicted octanol–water partition coefficient (Wildman–Crippen LogP) is 4.70. The first-order valence-corrected chi connectivity index (χ1v) is 12.9. The quantitative estimate of drug-likeness (QED) is 0.233. The molecule has 0 saturated heterocycles. The molecule has 2 atom stereocenters. The monoisotopic (exact) mass is 568 g/mol. The van der Waals surface area contributed by atoms with E-state index in [2.05, 4.69) is 10.4 Å². The average Bonchev–Trinajstić information content (AvgIpc) is 3.64. The van der Waals surface area contributed by atoms with Gasteiger partial charge in [0.25, 0.3) is 5.56 Å². The van der Waals surface area contributed by atoms with Gasteiger partial charge in [-0.05, 0) is 53.3 Å². The molecule has 0 bridgehead atoms. The number of carbonyl (C=O) groups is 2. The molecule has 0 spiro atoms. The Kier molecular flexibility index (Phi) is 8.21. The minimum Gasteiger partial charge on any atom is -0.392 e. The maximum Gasteiger partial charge on any atom is 0.274 e. The van der Waals surface area contributed by atoms with E-state index >= 15 is 0 Å². The lowest BCUT2D eigenvalue weighted by atomic mass is 9.85. The number of nitrogens with zero attached hydrogens (tertiary/aromatic N) is 3. The van der Waals surface area contributed by atoms with Crippen molar-refractivity contribution < 1.29 is 27.9 Å². The first-order chi connectivity index (χ1) is 19.2. The van der Waals surface area contributed by atoms with Crippen LogP contribution >= 0.6 is 0 Å². The fourth-order valence-electron chi connectivity index (χ4n) is 4.46. The van der Waals surface area contributed by atoms with Crippen molar-refractivity contribution in [2.24, 2.45) is 18.1 Å². The van der Waals surface area contributed by atoms with Crippen LogP contribution in [0, 0.1) is 17.6 Å². The summed E-state index contributed by atoms with van der Waals surface area (Å²) in [5.41, 5.74) is 0.574. The highest BCUT2D eigenvalue weighted by atomic mass is 19.1. The molecule has 41 heavy (non-hydrogen) atoms. The zero-order valence-electron chi connectivity index (χ0n) is 23.3. The number of hydrazone groups is 1. The largest absolute Gasteiger partial charge is 0.392 e. The van der Waals surface area contributed by atoms with Crippen LogP contribution in [0.4, 0.5) is 24.5 Å². The summed E-state index contributed by atoms with van der Waals surface area (Å²) in [5, 5.41) is 18.3. The van der Waals surface area contributed by atoms with Crippen molar-refractivity contribution in [1.82, 2.24) is 4.57 Å². The third kappa shape index (κ3) is 6.25. The molecule has 0 radical (unpaired) electrons. The molecule has 1 amide bonds. The van der Waals surface area contributed by atoms with E-state index in [9.17, 15) is 32.7 Å². The summed E-state index contributed by atoms with van der Waals surface area (Å²) in [6, 6.07) is 6.62. The molecule has 1 heterocycles. The lowest BCUT2D eigenvalue weighted by Gasteiger charge is -2.21. The molecule has 1 fully saturated rings. The Morgan fingerprint density at radius 1 is 1.22 bits per heavy atom.